The second kappa shape index (κ2) is 6.64. The molecular formula is C13H11N7O4. The third kappa shape index (κ3) is 3.58. The number of nitro groups is 1. The van der Waals surface area contributed by atoms with Gasteiger partial charge in [-0.05, 0) is 11.6 Å². The van der Waals surface area contributed by atoms with E-state index in [4.69, 9.17) is 4.52 Å². The largest absolute Gasteiger partial charge is 0.344 e. The SMILES string of the molecule is O=C(NCc1cccnc1)c1nc(Cn2cc([N+](=O)[O-])cn2)no1. The van der Waals surface area contributed by atoms with E-state index in [-0.39, 0.29) is 30.5 Å². The van der Waals surface area contributed by atoms with Gasteiger partial charge in [-0.25, -0.2) is 0 Å². The van der Waals surface area contributed by atoms with Gasteiger partial charge in [-0.3, -0.25) is 24.6 Å². The highest BCUT2D eigenvalue weighted by atomic mass is 16.6. The Morgan fingerprint density at radius 2 is 2.29 bits per heavy atom. The van der Waals surface area contributed by atoms with Crippen LogP contribution < -0.4 is 5.32 Å². The van der Waals surface area contributed by atoms with E-state index in [1.807, 2.05) is 6.07 Å². The molecule has 24 heavy (non-hydrogen) atoms. The van der Waals surface area contributed by atoms with Crippen molar-refractivity contribution in [2.75, 3.05) is 0 Å². The molecule has 0 aliphatic carbocycles. The van der Waals surface area contributed by atoms with Gasteiger partial charge in [-0.2, -0.15) is 10.1 Å². The molecule has 0 fully saturated rings. The Morgan fingerprint density at radius 3 is 3.00 bits per heavy atom. The molecule has 1 amide bonds. The smallest absolute Gasteiger partial charge is 0.316 e. The second-order valence-electron chi connectivity index (χ2n) is 4.71. The van der Waals surface area contributed by atoms with Crippen LogP contribution >= 0.6 is 0 Å². The van der Waals surface area contributed by atoms with E-state index < -0.39 is 10.8 Å². The normalized spacial score (nSPS) is 10.5. The number of amides is 1. The summed E-state index contributed by atoms with van der Waals surface area (Å²) >= 11 is 0. The second-order valence-corrected chi connectivity index (χ2v) is 4.71. The summed E-state index contributed by atoms with van der Waals surface area (Å²) in [4.78, 5) is 29.8. The van der Waals surface area contributed by atoms with Crippen LogP contribution in [0.4, 0.5) is 5.69 Å². The van der Waals surface area contributed by atoms with Crippen LogP contribution in [0.5, 0.6) is 0 Å². The van der Waals surface area contributed by atoms with Crippen LogP contribution in [0.3, 0.4) is 0 Å². The first kappa shape index (κ1) is 15.3. The summed E-state index contributed by atoms with van der Waals surface area (Å²) in [6.07, 6.45) is 5.61. The van der Waals surface area contributed by atoms with Crippen molar-refractivity contribution < 1.29 is 14.2 Å². The lowest BCUT2D eigenvalue weighted by molar-refractivity contribution is -0.385. The van der Waals surface area contributed by atoms with Gasteiger partial charge in [-0.15, -0.1) is 0 Å². The molecule has 0 bridgehead atoms. The van der Waals surface area contributed by atoms with E-state index in [0.29, 0.717) is 0 Å². The Hall–Kier alpha value is -3.63. The topological polar surface area (TPSA) is 142 Å². The first-order chi connectivity index (χ1) is 11.6. The third-order valence-electron chi connectivity index (χ3n) is 2.97. The molecule has 122 valence electrons. The van der Waals surface area contributed by atoms with E-state index in [1.165, 1.54) is 10.9 Å². The lowest BCUT2D eigenvalue weighted by Gasteiger charge is -2.00. The summed E-state index contributed by atoms with van der Waals surface area (Å²) in [6.45, 7) is 0.322. The molecule has 11 nitrogen and oxygen atoms in total. The molecule has 11 heteroatoms. The minimum atomic E-state index is -0.558. The molecule has 1 N–H and O–H groups in total. The maximum Gasteiger partial charge on any atom is 0.316 e. The van der Waals surface area contributed by atoms with Crippen LogP contribution in [-0.4, -0.2) is 35.7 Å². The van der Waals surface area contributed by atoms with Gasteiger partial charge in [0.1, 0.15) is 18.9 Å². The van der Waals surface area contributed by atoms with Gasteiger partial charge in [-0.1, -0.05) is 11.2 Å². The first-order valence-corrected chi connectivity index (χ1v) is 6.78. The third-order valence-corrected chi connectivity index (χ3v) is 2.97. The Labute approximate surface area is 134 Å². The molecule has 0 radical (unpaired) electrons. The van der Waals surface area contributed by atoms with Gasteiger partial charge in [0, 0.05) is 18.9 Å². The predicted molar refractivity (Wildman–Crippen MR) is 77.7 cm³/mol. The van der Waals surface area contributed by atoms with Crippen molar-refractivity contribution in [3.63, 3.8) is 0 Å². The fourth-order valence-electron chi connectivity index (χ4n) is 1.85. The molecule has 0 aromatic carbocycles. The number of carbonyl (C=O) groups is 1. The number of aromatic nitrogens is 5. The Morgan fingerprint density at radius 1 is 1.42 bits per heavy atom. The molecule has 3 aromatic rings. The van der Waals surface area contributed by atoms with Crippen LogP contribution in [0.1, 0.15) is 22.1 Å². The van der Waals surface area contributed by atoms with Crippen molar-refractivity contribution in [3.05, 3.63) is 64.3 Å². The Bertz CT molecular complexity index is 858. The van der Waals surface area contributed by atoms with Crippen molar-refractivity contribution in [3.8, 4) is 0 Å². The predicted octanol–water partition coefficient (Wildman–Crippen LogP) is 0.548. The first-order valence-electron chi connectivity index (χ1n) is 6.78. The number of nitrogens with zero attached hydrogens (tertiary/aromatic N) is 6. The average molecular weight is 329 g/mol. The summed E-state index contributed by atoms with van der Waals surface area (Å²) in [7, 11) is 0. The highest BCUT2D eigenvalue weighted by Crippen LogP contribution is 2.09. The summed E-state index contributed by atoms with van der Waals surface area (Å²) in [6, 6.07) is 3.58. The van der Waals surface area contributed by atoms with Crippen molar-refractivity contribution in [2.45, 2.75) is 13.1 Å². The summed E-state index contributed by atoms with van der Waals surface area (Å²) in [5.74, 6) is -0.542. The standard InChI is InChI=1S/C13H11N7O4/c21-12(15-5-9-2-1-3-14-4-9)13-17-11(18-24-13)8-19-7-10(6-16-19)20(22)23/h1-4,6-7H,5,8H2,(H,15,21). The zero-order chi connectivity index (χ0) is 16.9. The molecule has 3 aromatic heterocycles. The lowest BCUT2D eigenvalue weighted by Crippen LogP contribution is -2.23. The van der Waals surface area contributed by atoms with Gasteiger partial charge in [0.15, 0.2) is 5.82 Å². The van der Waals surface area contributed by atoms with Gasteiger partial charge in [0.2, 0.25) is 0 Å². The summed E-state index contributed by atoms with van der Waals surface area (Å²) in [5, 5.41) is 20.7. The Balaban J connectivity index is 1.60. The van der Waals surface area contributed by atoms with Crippen molar-refractivity contribution in [1.29, 1.82) is 0 Å². The summed E-state index contributed by atoms with van der Waals surface area (Å²) < 4.78 is 6.16. The quantitative estimate of drug-likeness (QED) is 0.510. The number of carbonyl (C=O) groups excluding carboxylic acids is 1. The van der Waals surface area contributed by atoms with E-state index >= 15 is 0 Å². The van der Waals surface area contributed by atoms with Crippen LogP contribution in [-0.2, 0) is 13.1 Å². The van der Waals surface area contributed by atoms with Gasteiger partial charge < -0.3 is 9.84 Å². The van der Waals surface area contributed by atoms with E-state index in [2.05, 4.69) is 25.5 Å². The number of pyridine rings is 1. The maximum absolute atomic E-state index is 11.9. The minimum Gasteiger partial charge on any atom is -0.344 e. The molecule has 0 spiro atoms. The number of hydrogen-bond donors (Lipinski definition) is 1. The maximum atomic E-state index is 11.9. The number of hydrogen-bond acceptors (Lipinski definition) is 8. The molecule has 0 atom stereocenters. The molecule has 3 heterocycles. The van der Waals surface area contributed by atoms with E-state index in [1.54, 1.807) is 18.5 Å². The van der Waals surface area contributed by atoms with Crippen LogP contribution in [0, 0.1) is 10.1 Å². The van der Waals surface area contributed by atoms with Gasteiger partial charge in [0.25, 0.3) is 0 Å². The van der Waals surface area contributed by atoms with Gasteiger partial charge in [0.05, 0.1) is 4.92 Å². The highest BCUT2D eigenvalue weighted by Gasteiger charge is 2.16. The zero-order valence-corrected chi connectivity index (χ0v) is 12.2. The Kier molecular flexibility index (Phi) is 4.23. The van der Waals surface area contributed by atoms with E-state index in [9.17, 15) is 14.9 Å². The average Bonchev–Trinajstić information content (AvgIpc) is 3.24. The van der Waals surface area contributed by atoms with Crippen molar-refractivity contribution in [1.82, 2.24) is 30.2 Å². The molecule has 3 rings (SSSR count). The van der Waals surface area contributed by atoms with Crippen LogP contribution in [0.25, 0.3) is 0 Å². The summed E-state index contributed by atoms with van der Waals surface area (Å²) in [5.41, 5.74) is 0.683. The minimum absolute atomic E-state index is 0.0488. The molecule has 0 aliphatic heterocycles. The van der Waals surface area contributed by atoms with Crippen LogP contribution in [0.2, 0.25) is 0 Å². The highest BCUT2D eigenvalue weighted by molar-refractivity contribution is 5.89. The molecular weight excluding hydrogens is 318 g/mol. The zero-order valence-electron chi connectivity index (χ0n) is 12.2. The molecule has 0 saturated carbocycles. The molecule has 0 saturated heterocycles. The molecule has 0 unspecified atom stereocenters. The lowest BCUT2D eigenvalue weighted by atomic mass is 10.3. The monoisotopic (exact) mass is 329 g/mol. The number of nitrogens with one attached hydrogen (secondary N) is 1. The fourth-order valence-corrected chi connectivity index (χ4v) is 1.85. The van der Waals surface area contributed by atoms with Crippen molar-refractivity contribution in [2.24, 2.45) is 0 Å². The molecule has 0 aliphatic rings. The number of rotatable bonds is 6. The fraction of sp³-hybridized carbons (Fsp3) is 0.154. The van der Waals surface area contributed by atoms with Crippen molar-refractivity contribution >= 4 is 11.6 Å². The van der Waals surface area contributed by atoms with E-state index in [0.717, 1.165) is 11.8 Å². The van der Waals surface area contributed by atoms with Crippen LogP contribution in [0.15, 0.2) is 41.4 Å². The van der Waals surface area contributed by atoms with Gasteiger partial charge >= 0.3 is 17.5 Å².